The van der Waals surface area contributed by atoms with E-state index in [-0.39, 0.29) is 0 Å². The highest BCUT2D eigenvalue weighted by atomic mass is 16.5. The summed E-state index contributed by atoms with van der Waals surface area (Å²) in [6, 6.07) is 5.22. The lowest BCUT2D eigenvalue weighted by atomic mass is 10.3. The third-order valence-corrected chi connectivity index (χ3v) is 2.37. The summed E-state index contributed by atoms with van der Waals surface area (Å²) < 4.78 is 10.6. The first-order valence-corrected chi connectivity index (χ1v) is 5.50. The van der Waals surface area contributed by atoms with Crippen LogP contribution in [0.2, 0.25) is 0 Å². The minimum atomic E-state index is -0.961. The Morgan fingerprint density at radius 2 is 2.21 bits per heavy atom. The minimum absolute atomic E-state index is 0.351. The lowest BCUT2D eigenvalue weighted by molar-refractivity contribution is -0.0536. The average Bonchev–Trinajstić information content (AvgIpc) is 3.04. The molecular weight excluding hydrogens is 248 g/mol. The number of amides is 2. The molecule has 6 heteroatoms. The van der Waals surface area contributed by atoms with E-state index in [2.05, 4.69) is 11.8 Å². The van der Waals surface area contributed by atoms with Crippen molar-refractivity contribution in [2.24, 2.45) is 5.73 Å². The van der Waals surface area contributed by atoms with Gasteiger partial charge in [0.25, 0.3) is 0 Å². The highest BCUT2D eigenvalue weighted by Gasteiger charge is 2.12. The molecule has 1 atom stereocenters. The minimum Gasteiger partial charge on any atom is -0.461 e. The van der Waals surface area contributed by atoms with Crippen molar-refractivity contribution in [3.05, 3.63) is 36.3 Å². The van der Waals surface area contributed by atoms with Crippen LogP contribution in [0, 0.1) is 11.8 Å². The van der Waals surface area contributed by atoms with Gasteiger partial charge < -0.3 is 14.6 Å². The Balaban J connectivity index is 2.11. The number of carbonyl (C=O) groups is 1. The van der Waals surface area contributed by atoms with Crippen molar-refractivity contribution < 1.29 is 18.8 Å². The molecule has 19 heavy (non-hydrogen) atoms. The van der Waals surface area contributed by atoms with E-state index in [0.29, 0.717) is 22.3 Å². The number of carbonyl (C=O) groups excluding carboxylic acids is 1. The van der Waals surface area contributed by atoms with Crippen LogP contribution >= 0.6 is 0 Å². The van der Waals surface area contributed by atoms with Gasteiger partial charge in [-0.3, -0.25) is 5.21 Å². The highest BCUT2D eigenvalue weighted by Crippen LogP contribution is 2.21. The maximum absolute atomic E-state index is 10.7. The standard InChI is InChI=1S/C13H12N2O4/c1-9(15(17)13(14)16)4-5-10-6-7-12(19-10)11-3-2-8-18-11/h2-3,6-9,17H,1H3,(H2,14,16). The van der Waals surface area contributed by atoms with Crippen molar-refractivity contribution >= 4 is 6.03 Å². The van der Waals surface area contributed by atoms with Gasteiger partial charge in [-0.05, 0) is 37.1 Å². The summed E-state index contributed by atoms with van der Waals surface area (Å²) in [5.74, 6) is 6.89. The van der Waals surface area contributed by atoms with Crippen molar-refractivity contribution in [3.63, 3.8) is 0 Å². The van der Waals surface area contributed by atoms with E-state index in [9.17, 15) is 10.0 Å². The molecule has 0 fully saturated rings. The lowest BCUT2D eigenvalue weighted by Crippen LogP contribution is -2.38. The molecule has 0 spiro atoms. The van der Waals surface area contributed by atoms with Crippen LogP contribution in [0.1, 0.15) is 12.7 Å². The molecule has 0 saturated heterocycles. The molecule has 0 radical (unpaired) electrons. The molecule has 6 nitrogen and oxygen atoms in total. The Kier molecular flexibility index (Phi) is 3.59. The van der Waals surface area contributed by atoms with Gasteiger partial charge in [0.05, 0.1) is 6.26 Å². The predicted octanol–water partition coefficient (Wildman–Crippen LogP) is 2.05. The SMILES string of the molecule is CC(C#Cc1ccc(-c2ccco2)o1)N(O)C(N)=O. The second-order valence-corrected chi connectivity index (χ2v) is 3.77. The summed E-state index contributed by atoms with van der Waals surface area (Å²) in [6.07, 6.45) is 1.54. The van der Waals surface area contributed by atoms with Crippen LogP contribution in [0.5, 0.6) is 0 Å². The van der Waals surface area contributed by atoms with E-state index in [1.165, 1.54) is 6.92 Å². The molecule has 1 unspecified atom stereocenters. The van der Waals surface area contributed by atoms with Gasteiger partial charge in [0, 0.05) is 0 Å². The molecular formula is C13H12N2O4. The first-order valence-electron chi connectivity index (χ1n) is 5.50. The fraction of sp³-hybridized carbons (Fsp3) is 0.154. The monoisotopic (exact) mass is 260 g/mol. The Morgan fingerprint density at radius 3 is 2.84 bits per heavy atom. The molecule has 2 rings (SSSR count). The van der Waals surface area contributed by atoms with E-state index in [1.54, 1.807) is 30.5 Å². The third-order valence-electron chi connectivity index (χ3n) is 2.37. The lowest BCUT2D eigenvalue weighted by Gasteiger charge is -2.14. The number of primary amides is 1. The van der Waals surface area contributed by atoms with E-state index >= 15 is 0 Å². The molecule has 0 aliphatic heterocycles. The summed E-state index contributed by atoms with van der Waals surface area (Å²) in [7, 11) is 0. The van der Waals surface area contributed by atoms with E-state index in [1.807, 2.05) is 0 Å². The van der Waals surface area contributed by atoms with Gasteiger partial charge in [-0.25, -0.2) is 4.79 Å². The molecule has 2 aromatic heterocycles. The number of nitrogens with two attached hydrogens (primary N) is 1. The molecule has 0 aliphatic rings. The van der Waals surface area contributed by atoms with Crippen LogP contribution in [0.3, 0.4) is 0 Å². The van der Waals surface area contributed by atoms with Gasteiger partial charge in [0.2, 0.25) is 0 Å². The van der Waals surface area contributed by atoms with Gasteiger partial charge in [0.1, 0.15) is 6.04 Å². The van der Waals surface area contributed by atoms with Crippen molar-refractivity contribution in [2.75, 3.05) is 0 Å². The zero-order valence-corrected chi connectivity index (χ0v) is 10.2. The molecule has 0 aliphatic carbocycles. The fourth-order valence-electron chi connectivity index (χ4n) is 1.38. The highest BCUT2D eigenvalue weighted by molar-refractivity contribution is 5.71. The number of hydrogen-bond acceptors (Lipinski definition) is 4. The number of furan rings is 2. The molecule has 98 valence electrons. The Hall–Kier alpha value is -2.65. The maximum atomic E-state index is 10.7. The summed E-state index contributed by atoms with van der Waals surface area (Å²) in [5.41, 5.74) is 4.91. The fourth-order valence-corrected chi connectivity index (χ4v) is 1.38. The number of urea groups is 1. The first-order chi connectivity index (χ1) is 9.08. The molecule has 2 heterocycles. The van der Waals surface area contributed by atoms with Crippen molar-refractivity contribution in [3.8, 4) is 23.4 Å². The van der Waals surface area contributed by atoms with Crippen LogP contribution < -0.4 is 5.73 Å². The van der Waals surface area contributed by atoms with Gasteiger partial charge in [-0.2, -0.15) is 5.06 Å². The van der Waals surface area contributed by atoms with Gasteiger partial charge in [-0.1, -0.05) is 5.92 Å². The molecule has 2 aromatic rings. The van der Waals surface area contributed by atoms with Crippen LogP contribution in [0.4, 0.5) is 4.79 Å². The number of hydroxylamine groups is 2. The van der Waals surface area contributed by atoms with Gasteiger partial charge >= 0.3 is 6.03 Å². The number of rotatable bonds is 2. The van der Waals surface area contributed by atoms with E-state index in [4.69, 9.17) is 14.6 Å². The normalized spacial score (nSPS) is 11.5. The largest absolute Gasteiger partial charge is 0.461 e. The average molecular weight is 260 g/mol. The summed E-state index contributed by atoms with van der Waals surface area (Å²) in [4.78, 5) is 10.7. The topological polar surface area (TPSA) is 92.8 Å². The van der Waals surface area contributed by atoms with Crippen LogP contribution in [-0.4, -0.2) is 22.3 Å². The summed E-state index contributed by atoms with van der Waals surface area (Å²) in [5, 5.41) is 9.59. The second kappa shape index (κ2) is 5.33. The third kappa shape index (κ3) is 2.97. The van der Waals surface area contributed by atoms with E-state index in [0.717, 1.165) is 0 Å². The maximum Gasteiger partial charge on any atom is 0.339 e. The van der Waals surface area contributed by atoms with Crippen molar-refractivity contribution in [1.29, 1.82) is 0 Å². The Bertz CT molecular complexity index is 619. The molecule has 0 saturated carbocycles. The quantitative estimate of drug-likeness (QED) is 0.491. The summed E-state index contributed by atoms with van der Waals surface area (Å²) >= 11 is 0. The van der Waals surface area contributed by atoms with Crippen LogP contribution in [0.15, 0.2) is 39.4 Å². The molecule has 0 bridgehead atoms. The number of nitrogens with zero attached hydrogens (tertiary/aromatic N) is 1. The predicted molar refractivity (Wildman–Crippen MR) is 66.0 cm³/mol. The van der Waals surface area contributed by atoms with Gasteiger partial charge in [0.15, 0.2) is 17.3 Å². The second-order valence-electron chi connectivity index (χ2n) is 3.77. The van der Waals surface area contributed by atoms with Crippen LogP contribution in [-0.2, 0) is 0 Å². The first kappa shape index (κ1) is 12.8. The summed E-state index contributed by atoms with van der Waals surface area (Å²) in [6.45, 7) is 1.54. The zero-order chi connectivity index (χ0) is 13.8. The smallest absolute Gasteiger partial charge is 0.339 e. The molecule has 2 amide bonds. The molecule has 0 aromatic carbocycles. The molecule has 3 N–H and O–H groups in total. The van der Waals surface area contributed by atoms with Gasteiger partial charge in [-0.15, -0.1) is 0 Å². The zero-order valence-electron chi connectivity index (χ0n) is 10.2. The van der Waals surface area contributed by atoms with Crippen molar-refractivity contribution in [1.82, 2.24) is 5.06 Å². The van der Waals surface area contributed by atoms with Crippen molar-refractivity contribution in [2.45, 2.75) is 13.0 Å². The Morgan fingerprint density at radius 1 is 1.42 bits per heavy atom. The Labute approximate surface area is 109 Å². The van der Waals surface area contributed by atoms with E-state index < -0.39 is 12.1 Å². The number of hydrogen-bond donors (Lipinski definition) is 2. The van der Waals surface area contributed by atoms with Crippen LogP contribution in [0.25, 0.3) is 11.5 Å².